The molecule has 1 saturated heterocycles. The maximum absolute atomic E-state index is 6.05. The summed E-state index contributed by atoms with van der Waals surface area (Å²) in [6.07, 6.45) is 2.59. The summed E-state index contributed by atoms with van der Waals surface area (Å²) in [5.74, 6) is 1.67. The molecule has 1 aromatic rings. The molecule has 0 amide bonds. The van der Waals surface area contributed by atoms with Crippen molar-refractivity contribution in [2.75, 3.05) is 20.2 Å². The van der Waals surface area contributed by atoms with Gasteiger partial charge in [0.2, 0.25) is 0 Å². The second kappa shape index (κ2) is 6.40. The highest BCUT2D eigenvalue weighted by Gasteiger charge is 2.29. The quantitative estimate of drug-likeness (QED) is 0.907. The Labute approximate surface area is 116 Å². The van der Waals surface area contributed by atoms with Crippen LogP contribution >= 0.6 is 0 Å². The van der Waals surface area contributed by atoms with Gasteiger partial charge in [0.1, 0.15) is 5.75 Å². The summed E-state index contributed by atoms with van der Waals surface area (Å²) in [6.45, 7) is 6.44. The first-order chi connectivity index (χ1) is 9.15. The van der Waals surface area contributed by atoms with Crippen LogP contribution in [0, 0.1) is 5.92 Å². The van der Waals surface area contributed by atoms with E-state index in [1.807, 2.05) is 6.07 Å². The molecule has 1 heterocycles. The summed E-state index contributed by atoms with van der Waals surface area (Å²) in [7, 11) is 1.71. The van der Waals surface area contributed by atoms with Crippen molar-refractivity contribution in [1.82, 2.24) is 4.90 Å². The predicted molar refractivity (Wildman–Crippen MR) is 79.4 cm³/mol. The maximum Gasteiger partial charge on any atom is 0.119 e. The number of methoxy groups -OCH3 is 1. The van der Waals surface area contributed by atoms with Crippen LogP contribution in [-0.2, 0) is 0 Å². The van der Waals surface area contributed by atoms with E-state index < -0.39 is 0 Å². The highest BCUT2D eigenvalue weighted by molar-refractivity contribution is 5.31. The molecule has 2 rings (SSSR count). The summed E-state index contributed by atoms with van der Waals surface area (Å²) in [4.78, 5) is 2.56. The van der Waals surface area contributed by atoms with Gasteiger partial charge in [-0.15, -0.1) is 0 Å². The van der Waals surface area contributed by atoms with Crippen LogP contribution in [0.25, 0.3) is 0 Å². The number of hydrogen-bond acceptors (Lipinski definition) is 3. The summed E-state index contributed by atoms with van der Waals surface area (Å²) in [5, 5.41) is 0. The molecule has 3 atom stereocenters. The molecule has 3 unspecified atom stereocenters. The largest absolute Gasteiger partial charge is 0.497 e. The topological polar surface area (TPSA) is 38.5 Å². The van der Waals surface area contributed by atoms with Crippen molar-refractivity contribution in [2.45, 2.75) is 38.8 Å². The average molecular weight is 262 g/mol. The van der Waals surface area contributed by atoms with Gasteiger partial charge in [0.15, 0.2) is 0 Å². The minimum atomic E-state index is 0.299. The van der Waals surface area contributed by atoms with Crippen molar-refractivity contribution in [3.63, 3.8) is 0 Å². The molecule has 2 N–H and O–H groups in total. The van der Waals surface area contributed by atoms with E-state index in [1.54, 1.807) is 7.11 Å². The normalized spacial score (nSPS) is 26.1. The molecule has 0 saturated carbocycles. The van der Waals surface area contributed by atoms with E-state index >= 15 is 0 Å². The Morgan fingerprint density at radius 3 is 2.84 bits per heavy atom. The zero-order chi connectivity index (χ0) is 13.8. The zero-order valence-corrected chi connectivity index (χ0v) is 12.3. The average Bonchev–Trinajstić information content (AvgIpc) is 2.44. The molecule has 1 aromatic carbocycles. The first-order valence-electron chi connectivity index (χ1n) is 7.25. The lowest BCUT2D eigenvalue weighted by molar-refractivity contribution is 0.0797. The Balaban J connectivity index is 2.22. The third kappa shape index (κ3) is 3.28. The van der Waals surface area contributed by atoms with Gasteiger partial charge in [-0.1, -0.05) is 19.1 Å². The molecule has 1 aliphatic heterocycles. The van der Waals surface area contributed by atoms with Crippen LogP contribution in [0.1, 0.15) is 38.3 Å². The van der Waals surface area contributed by atoms with Crippen LogP contribution in [-0.4, -0.2) is 31.1 Å². The van der Waals surface area contributed by atoms with Gasteiger partial charge in [-0.25, -0.2) is 0 Å². The molecule has 0 radical (unpaired) electrons. The molecule has 0 aromatic heterocycles. The van der Waals surface area contributed by atoms with E-state index in [4.69, 9.17) is 10.5 Å². The summed E-state index contributed by atoms with van der Waals surface area (Å²) >= 11 is 0. The van der Waals surface area contributed by atoms with Gasteiger partial charge in [-0.05, 0) is 43.4 Å². The Morgan fingerprint density at radius 1 is 1.37 bits per heavy atom. The molecule has 1 fully saturated rings. The van der Waals surface area contributed by atoms with Crippen LogP contribution < -0.4 is 10.5 Å². The molecule has 3 nitrogen and oxygen atoms in total. The fourth-order valence-electron chi connectivity index (χ4n) is 3.07. The molecule has 0 spiro atoms. The molecule has 0 bridgehead atoms. The first-order valence-corrected chi connectivity index (χ1v) is 7.25. The number of likely N-dealkylation sites (tertiary alicyclic amines) is 1. The molecule has 0 aliphatic carbocycles. The van der Waals surface area contributed by atoms with Crippen molar-refractivity contribution in [1.29, 1.82) is 0 Å². The van der Waals surface area contributed by atoms with Gasteiger partial charge in [0.25, 0.3) is 0 Å². The standard InChI is InChI=1S/C16H26N2O/c1-12-7-8-13(2)18(11-12)16(10-17)14-5-4-6-15(9-14)19-3/h4-6,9,12-13,16H,7-8,10-11,17H2,1-3H3. The lowest BCUT2D eigenvalue weighted by Gasteiger charge is -2.42. The van der Waals surface area contributed by atoms with Gasteiger partial charge < -0.3 is 10.5 Å². The minimum absolute atomic E-state index is 0.299. The Morgan fingerprint density at radius 2 is 2.16 bits per heavy atom. The van der Waals surface area contributed by atoms with Gasteiger partial charge in [0.05, 0.1) is 7.11 Å². The number of benzene rings is 1. The fourth-order valence-corrected chi connectivity index (χ4v) is 3.07. The number of hydrogen-bond donors (Lipinski definition) is 1. The fraction of sp³-hybridized carbons (Fsp3) is 0.625. The Bertz CT molecular complexity index is 407. The monoisotopic (exact) mass is 262 g/mol. The van der Waals surface area contributed by atoms with Gasteiger partial charge >= 0.3 is 0 Å². The second-order valence-corrected chi connectivity index (χ2v) is 5.76. The van der Waals surface area contributed by atoms with Crippen molar-refractivity contribution in [3.8, 4) is 5.75 Å². The smallest absolute Gasteiger partial charge is 0.119 e. The Hall–Kier alpha value is -1.06. The predicted octanol–water partition coefficient (Wildman–Crippen LogP) is 2.82. The first kappa shape index (κ1) is 14.4. The summed E-state index contributed by atoms with van der Waals surface area (Å²) < 4.78 is 5.33. The molecular weight excluding hydrogens is 236 g/mol. The molecule has 106 valence electrons. The molecule has 3 heteroatoms. The van der Waals surface area contributed by atoms with Crippen LogP contribution in [0.2, 0.25) is 0 Å². The summed E-state index contributed by atoms with van der Waals surface area (Å²) in [6, 6.07) is 9.22. The van der Waals surface area contributed by atoms with Crippen molar-refractivity contribution < 1.29 is 4.74 Å². The minimum Gasteiger partial charge on any atom is -0.497 e. The van der Waals surface area contributed by atoms with E-state index in [9.17, 15) is 0 Å². The SMILES string of the molecule is COc1cccc(C(CN)N2CC(C)CCC2C)c1. The van der Waals surface area contributed by atoms with E-state index in [2.05, 4.69) is 36.9 Å². The number of piperidine rings is 1. The third-order valence-corrected chi connectivity index (χ3v) is 4.27. The van der Waals surface area contributed by atoms with Crippen LogP contribution in [0.15, 0.2) is 24.3 Å². The van der Waals surface area contributed by atoms with Gasteiger partial charge in [0, 0.05) is 25.2 Å². The number of nitrogens with two attached hydrogens (primary N) is 1. The van der Waals surface area contributed by atoms with E-state index in [-0.39, 0.29) is 0 Å². The van der Waals surface area contributed by atoms with E-state index in [0.717, 1.165) is 18.2 Å². The van der Waals surface area contributed by atoms with Gasteiger partial charge in [-0.2, -0.15) is 0 Å². The van der Waals surface area contributed by atoms with Crippen molar-refractivity contribution >= 4 is 0 Å². The number of ether oxygens (including phenoxy) is 1. The van der Waals surface area contributed by atoms with Crippen LogP contribution in [0.3, 0.4) is 0 Å². The second-order valence-electron chi connectivity index (χ2n) is 5.76. The van der Waals surface area contributed by atoms with E-state index in [1.165, 1.54) is 18.4 Å². The zero-order valence-electron chi connectivity index (χ0n) is 12.3. The molecule has 1 aliphatic rings. The Kier molecular flexibility index (Phi) is 4.83. The molecule has 19 heavy (non-hydrogen) atoms. The molecular formula is C16H26N2O. The van der Waals surface area contributed by atoms with Crippen molar-refractivity contribution in [2.24, 2.45) is 11.7 Å². The maximum atomic E-state index is 6.05. The highest BCUT2D eigenvalue weighted by Crippen LogP contribution is 2.31. The number of rotatable bonds is 4. The van der Waals surface area contributed by atoms with Crippen LogP contribution in [0.5, 0.6) is 5.75 Å². The van der Waals surface area contributed by atoms with Crippen LogP contribution in [0.4, 0.5) is 0 Å². The van der Waals surface area contributed by atoms with Crippen molar-refractivity contribution in [3.05, 3.63) is 29.8 Å². The number of nitrogens with zero attached hydrogens (tertiary/aromatic N) is 1. The van der Waals surface area contributed by atoms with Gasteiger partial charge in [-0.3, -0.25) is 4.90 Å². The lowest BCUT2D eigenvalue weighted by atomic mass is 9.91. The third-order valence-electron chi connectivity index (χ3n) is 4.27. The highest BCUT2D eigenvalue weighted by atomic mass is 16.5. The lowest BCUT2D eigenvalue weighted by Crippen LogP contribution is -2.45. The summed E-state index contributed by atoms with van der Waals surface area (Å²) in [5.41, 5.74) is 7.32. The van der Waals surface area contributed by atoms with E-state index in [0.29, 0.717) is 18.6 Å².